The SMILES string of the molecule is CCNC(Cc1ccsc1)C1CCOC2(CCOCC2)C1. The fourth-order valence-corrected chi connectivity index (χ4v) is 4.51. The van der Waals surface area contributed by atoms with Gasteiger partial charge in [0.15, 0.2) is 0 Å². The second kappa shape index (κ2) is 7.23. The minimum absolute atomic E-state index is 0.101. The van der Waals surface area contributed by atoms with Gasteiger partial charge in [0, 0.05) is 25.9 Å². The van der Waals surface area contributed by atoms with E-state index < -0.39 is 0 Å². The predicted octanol–water partition coefficient (Wildman–Crippen LogP) is 3.24. The maximum atomic E-state index is 6.19. The van der Waals surface area contributed by atoms with Gasteiger partial charge in [-0.15, -0.1) is 0 Å². The molecule has 2 fully saturated rings. The largest absolute Gasteiger partial charge is 0.381 e. The second-order valence-electron chi connectivity index (χ2n) is 6.40. The number of rotatable bonds is 5. The number of thiophene rings is 1. The second-order valence-corrected chi connectivity index (χ2v) is 7.18. The zero-order valence-corrected chi connectivity index (χ0v) is 13.8. The van der Waals surface area contributed by atoms with E-state index in [0.717, 1.165) is 51.5 Å². The Morgan fingerprint density at radius 2 is 2.24 bits per heavy atom. The van der Waals surface area contributed by atoms with Crippen LogP contribution in [0.4, 0.5) is 0 Å². The van der Waals surface area contributed by atoms with Crippen LogP contribution in [0.25, 0.3) is 0 Å². The topological polar surface area (TPSA) is 30.5 Å². The van der Waals surface area contributed by atoms with Crippen LogP contribution in [0.3, 0.4) is 0 Å². The molecule has 0 aliphatic carbocycles. The normalized spacial score (nSPS) is 26.8. The van der Waals surface area contributed by atoms with Crippen molar-refractivity contribution in [1.29, 1.82) is 0 Å². The molecule has 0 amide bonds. The Kier molecular flexibility index (Phi) is 5.33. The van der Waals surface area contributed by atoms with Gasteiger partial charge in [0.25, 0.3) is 0 Å². The smallest absolute Gasteiger partial charge is 0.0729 e. The minimum Gasteiger partial charge on any atom is -0.381 e. The van der Waals surface area contributed by atoms with Crippen LogP contribution in [0.2, 0.25) is 0 Å². The van der Waals surface area contributed by atoms with Crippen molar-refractivity contribution in [3.8, 4) is 0 Å². The summed E-state index contributed by atoms with van der Waals surface area (Å²) in [4.78, 5) is 0. The van der Waals surface area contributed by atoms with Crippen LogP contribution in [-0.2, 0) is 15.9 Å². The summed E-state index contributed by atoms with van der Waals surface area (Å²) in [5, 5.41) is 8.20. The van der Waals surface area contributed by atoms with Crippen LogP contribution < -0.4 is 5.32 Å². The van der Waals surface area contributed by atoms with Crippen molar-refractivity contribution in [2.75, 3.05) is 26.4 Å². The van der Waals surface area contributed by atoms with Crippen LogP contribution in [0.15, 0.2) is 16.8 Å². The van der Waals surface area contributed by atoms with Gasteiger partial charge in [0.2, 0.25) is 0 Å². The van der Waals surface area contributed by atoms with Crippen LogP contribution >= 0.6 is 11.3 Å². The minimum atomic E-state index is 0.101. The van der Waals surface area contributed by atoms with Gasteiger partial charge in [-0.2, -0.15) is 11.3 Å². The summed E-state index contributed by atoms with van der Waals surface area (Å²) >= 11 is 1.80. The molecule has 0 radical (unpaired) electrons. The van der Waals surface area contributed by atoms with Gasteiger partial charge in [-0.1, -0.05) is 6.92 Å². The van der Waals surface area contributed by atoms with Crippen molar-refractivity contribution in [1.82, 2.24) is 5.32 Å². The molecule has 3 heterocycles. The van der Waals surface area contributed by atoms with Crippen molar-refractivity contribution >= 4 is 11.3 Å². The summed E-state index contributed by atoms with van der Waals surface area (Å²) in [5.74, 6) is 0.719. The van der Waals surface area contributed by atoms with E-state index in [-0.39, 0.29) is 5.60 Å². The Bertz CT molecular complexity index is 409. The van der Waals surface area contributed by atoms with Crippen LogP contribution in [-0.4, -0.2) is 38.0 Å². The molecule has 1 spiro atoms. The molecule has 118 valence electrons. The molecule has 0 saturated carbocycles. The molecular formula is C17H27NO2S. The van der Waals surface area contributed by atoms with Crippen molar-refractivity contribution < 1.29 is 9.47 Å². The highest BCUT2D eigenvalue weighted by Gasteiger charge is 2.41. The standard InChI is InChI=1S/C17H27NO2S/c1-2-18-16(11-14-4-10-21-13-14)15-3-7-20-17(12-15)5-8-19-9-6-17/h4,10,13,15-16,18H,2-3,5-9,11-12H2,1H3. The van der Waals surface area contributed by atoms with Crippen molar-refractivity contribution in [3.05, 3.63) is 22.4 Å². The van der Waals surface area contributed by atoms with Gasteiger partial charge >= 0.3 is 0 Å². The van der Waals surface area contributed by atoms with Gasteiger partial charge in [0.05, 0.1) is 5.60 Å². The molecule has 0 aromatic carbocycles. The molecule has 2 saturated heterocycles. The van der Waals surface area contributed by atoms with E-state index in [1.54, 1.807) is 11.3 Å². The molecule has 2 aliphatic rings. The van der Waals surface area contributed by atoms with Gasteiger partial charge < -0.3 is 14.8 Å². The Morgan fingerprint density at radius 1 is 1.38 bits per heavy atom. The van der Waals surface area contributed by atoms with Crippen molar-refractivity contribution in [2.24, 2.45) is 5.92 Å². The Hall–Kier alpha value is -0.420. The lowest BCUT2D eigenvalue weighted by Gasteiger charge is -2.45. The Labute approximate surface area is 132 Å². The third-order valence-corrected chi connectivity index (χ3v) is 5.74. The molecule has 0 bridgehead atoms. The third kappa shape index (κ3) is 3.86. The van der Waals surface area contributed by atoms with E-state index in [2.05, 4.69) is 29.1 Å². The molecule has 2 unspecified atom stereocenters. The fraction of sp³-hybridized carbons (Fsp3) is 0.765. The molecule has 4 heteroatoms. The monoisotopic (exact) mass is 309 g/mol. The first-order chi connectivity index (χ1) is 10.3. The Balaban J connectivity index is 1.66. The van der Waals surface area contributed by atoms with Gasteiger partial charge in [-0.3, -0.25) is 0 Å². The number of hydrogen-bond acceptors (Lipinski definition) is 4. The van der Waals surface area contributed by atoms with Crippen molar-refractivity contribution in [2.45, 2.75) is 50.7 Å². The average molecular weight is 309 g/mol. The maximum Gasteiger partial charge on any atom is 0.0729 e. The highest BCUT2D eigenvalue weighted by Crippen LogP contribution is 2.38. The first kappa shape index (κ1) is 15.5. The number of hydrogen-bond donors (Lipinski definition) is 1. The summed E-state index contributed by atoms with van der Waals surface area (Å²) in [7, 11) is 0. The predicted molar refractivity (Wildman–Crippen MR) is 86.9 cm³/mol. The molecule has 1 aromatic heterocycles. The lowest BCUT2D eigenvalue weighted by atomic mass is 9.76. The quantitative estimate of drug-likeness (QED) is 0.906. The van der Waals surface area contributed by atoms with E-state index in [0.29, 0.717) is 6.04 Å². The summed E-state index contributed by atoms with van der Waals surface area (Å²) < 4.78 is 11.7. The number of nitrogens with one attached hydrogen (secondary N) is 1. The first-order valence-electron chi connectivity index (χ1n) is 8.27. The zero-order chi connectivity index (χ0) is 14.5. The van der Waals surface area contributed by atoms with E-state index in [4.69, 9.17) is 9.47 Å². The molecule has 2 aliphatic heterocycles. The van der Waals surface area contributed by atoms with Gasteiger partial charge in [0.1, 0.15) is 0 Å². The van der Waals surface area contributed by atoms with Gasteiger partial charge in [-0.25, -0.2) is 0 Å². The highest BCUT2D eigenvalue weighted by molar-refractivity contribution is 7.07. The number of ether oxygens (including phenoxy) is 2. The van der Waals surface area contributed by atoms with Crippen LogP contribution in [0, 0.1) is 5.92 Å². The van der Waals surface area contributed by atoms with Crippen LogP contribution in [0.5, 0.6) is 0 Å². The fourth-order valence-electron chi connectivity index (χ4n) is 3.83. The number of likely N-dealkylation sites (N-methyl/N-ethyl adjacent to an activating group) is 1. The third-order valence-electron chi connectivity index (χ3n) is 5.01. The van der Waals surface area contributed by atoms with Gasteiger partial charge in [-0.05, 0) is 67.0 Å². The molecule has 3 nitrogen and oxygen atoms in total. The molecule has 2 atom stereocenters. The molecule has 21 heavy (non-hydrogen) atoms. The average Bonchev–Trinajstić information content (AvgIpc) is 3.01. The van der Waals surface area contributed by atoms with E-state index in [1.165, 1.54) is 18.4 Å². The highest BCUT2D eigenvalue weighted by atomic mass is 32.1. The van der Waals surface area contributed by atoms with E-state index in [1.807, 2.05) is 0 Å². The molecular weight excluding hydrogens is 282 g/mol. The maximum absolute atomic E-state index is 6.19. The molecule has 1 aromatic rings. The summed E-state index contributed by atoms with van der Waals surface area (Å²) in [6, 6.07) is 2.84. The van der Waals surface area contributed by atoms with Crippen LogP contribution in [0.1, 0.15) is 38.2 Å². The van der Waals surface area contributed by atoms with E-state index >= 15 is 0 Å². The first-order valence-corrected chi connectivity index (χ1v) is 9.22. The molecule has 1 N–H and O–H groups in total. The summed E-state index contributed by atoms with van der Waals surface area (Å²) in [6.07, 6.45) is 5.67. The summed E-state index contributed by atoms with van der Waals surface area (Å²) in [6.45, 7) is 5.90. The van der Waals surface area contributed by atoms with E-state index in [9.17, 15) is 0 Å². The summed E-state index contributed by atoms with van der Waals surface area (Å²) in [5.41, 5.74) is 1.57. The Morgan fingerprint density at radius 3 is 2.95 bits per heavy atom. The lowest BCUT2D eigenvalue weighted by molar-refractivity contribution is -0.150. The zero-order valence-electron chi connectivity index (χ0n) is 13.0. The molecule has 3 rings (SSSR count). The lowest BCUT2D eigenvalue weighted by Crippen LogP contribution is -2.49. The van der Waals surface area contributed by atoms with Crippen molar-refractivity contribution in [3.63, 3.8) is 0 Å².